The van der Waals surface area contributed by atoms with Gasteiger partial charge in [-0.05, 0) is 110 Å². The fourth-order valence-corrected chi connectivity index (χ4v) is 5.33. The Morgan fingerprint density at radius 3 is 1.74 bits per heavy atom. The van der Waals surface area contributed by atoms with Gasteiger partial charge in [-0.1, -0.05) is 14.9 Å². The molecule has 2 aliphatic carbocycles. The van der Waals surface area contributed by atoms with Crippen molar-refractivity contribution in [3.63, 3.8) is 0 Å². The highest BCUT2D eigenvalue weighted by Gasteiger charge is 2.33. The first-order valence-corrected chi connectivity index (χ1v) is 17.1. The molecular weight excluding hydrogens is 651 g/mol. The molecule has 47 heavy (non-hydrogen) atoms. The van der Waals surface area contributed by atoms with Gasteiger partial charge in [0.1, 0.15) is 11.6 Å². The Hall–Kier alpha value is -2.87. The van der Waals surface area contributed by atoms with Crippen molar-refractivity contribution < 1.29 is 41.1 Å². The molecular formula is C34H52F2N2O7S2. The molecule has 0 amide bonds. The second-order valence-corrected chi connectivity index (χ2v) is 16.1. The summed E-state index contributed by atoms with van der Waals surface area (Å²) >= 11 is 0. The summed E-state index contributed by atoms with van der Waals surface area (Å²) in [5.74, 6) is -2.09. The Morgan fingerprint density at radius 1 is 0.830 bits per heavy atom. The van der Waals surface area contributed by atoms with Crippen LogP contribution >= 0.6 is 0 Å². The molecule has 0 heterocycles. The summed E-state index contributed by atoms with van der Waals surface area (Å²) in [5, 5.41) is 5.04. The summed E-state index contributed by atoms with van der Waals surface area (Å²) in [6.45, 7) is 15.1. The SMILES string of the molecule is C.C.CC(C)(C)[S@@](N)=O.CCOC(=O)c1ccc(F)c2c1CCC2=O.CCOC(=O)c1ccc(F)c2c1CC[C@@H]2N[S@@](=O)C(C)(C)C. The maximum atomic E-state index is 14.2. The number of ketones is 1. The van der Waals surface area contributed by atoms with Crippen molar-refractivity contribution in [3.05, 3.63) is 69.3 Å². The fourth-order valence-electron chi connectivity index (χ4n) is 4.48. The van der Waals surface area contributed by atoms with Crippen molar-refractivity contribution in [1.29, 1.82) is 0 Å². The van der Waals surface area contributed by atoms with E-state index in [0.717, 1.165) is 6.07 Å². The van der Waals surface area contributed by atoms with Crippen LogP contribution in [0.3, 0.4) is 0 Å². The zero-order valence-corrected chi connectivity index (χ0v) is 28.8. The summed E-state index contributed by atoms with van der Waals surface area (Å²) in [6.07, 6.45) is 1.87. The van der Waals surface area contributed by atoms with Gasteiger partial charge in [0, 0.05) is 18.0 Å². The van der Waals surface area contributed by atoms with Crippen LogP contribution in [0.4, 0.5) is 8.78 Å². The van der Waals surface area contributed by atoms with E-state index in [1.165, 1.54) is 18.2 Å². The molecule has 3 atom stereocenters. The molecule has 4 rings (SSSR count). The van der Waals surface area contributed by atoms with Gasteiger partial charge in [-0.25, -0.2) is 31.5 Å². The van der Waals surface area contributed by atoms with Gasteiger partial charge in [-0.15, -0.1) is 0 Å². The van der Waals surface area contributed by atoms with E-state index in [-0.39, 0.29) is 62.4 Å². The van der Waals surface area contributed by atoms with Crippen LogP contribution in [0.1, 0.15) is 137 Å². The van der Waals surface area contributed by atoms with Crippen molar-refractivity contribution >= 4 is 39.7 Å². The third kappa shape index (κ3) is 11.7. The number of nitrogens with one attached hydrogen (secondary N) is 1. The molecule has 266 valence electrons. The van der Waals surface area contributed by atoms with Crippen LogP contribution in [0.2, 0.25) is 0 Å². The first-order valence-electron chi connectivity index (χ1n) is 14.7. The molecule has 0 saturated carbocycles. The summed E-state index contributed by atoms with van der Waals surface area (Å²) in [5.41, 5.74) is 2.38. The topological polar surface area (TPSA) is 142 Å². The number of esters is 2. The number of fused-ring (bicyclic) bond motifs is 2. The van der Waals surface area contributed by atoms with Crippen LogP contribution in [0.25, 0.3) is 0 Å². The van der Waals surface area contributed by atoms with E-state index < -0.39 is 44.5 Å². The second kappa shape index (κ2) is 18.6. The lowest BCUT2D eigenvalue weighted by molar-refractivity contribution is 0.0515. The van der Waals surface area contributed by atoms with Crippen molar-refractivity contribution in [2.45, 2.75) is 111 Å². The van der Waals surface area contributed by atoms with Crippen LogP contribution in [-0.2, 0) is 44.3 Å². The Morgan fingerprint density at radius 2 is 1.30 bits per heavy atom. The highest BCUT2D eigenvalue weighted by atomic mass is 32.2. The third-order valence-corrected chi connectivity index (χ3v) is 9.70. The minimum Gasteiger partial charge on any atom is -0.462 e. The predicted molar refractivity (Wildman–Crippen MR) is 185 cm³/mol. The number of ether oxygens (including phenoxy) is 2. The van der Waals surface area contributed by atoms with E-state index in [1.807, 2.05) is 41.5 Å². The van der Waals surface area contributed by atoms with Crippen LogP contribution < -0.4 is 9.86 Å². The molecule has 9 nitrogen and oxygen atoms in total. The number of carbonyl (C=O) groups is 3. The monoisotopic (exact) mass is 702 g/mol. The van der Waals surface area contributed by atoms with Gasteiger partial charge in [0.25, 0.3) is 0 Å². The van der Waals surface area contributed by atoms with Crippen LogP contribution in [0, 0.1) is 11.6 Å². The van der Waals surface area contributed by atoms with E-state index in [4.69, 9.17) is 14.6 Å². The van der Waals surface area contributed by atoms with Gasteiger partial charge >= 0.3 is 11.9 Å². The largest absolute Gasteiger partial charge is 0.462 e. The molecule has 0 bridgehead atoms. The zero-order valence-electron chi connectivity index (χ0n) is 27.1. The van der Waals surface area contributed by atoms with Gasteiger partial charge in [0.05, 0.1) is 61.4 Å². The molecule has 0 spiro atoms. The number of halogens is 2. The first kappa shape index (κ1) is 44.1. The molecule has 0 fully saturated rings. The Balaban J connectivity index is 0.000000744. The van der Waals surface area contributed by atoms with E-state index in [9.17, 15) is 31.6 Å². The number of nitrogens with two attached hydrogens (primary N) is 1. The quantitative estimate of drug-likeness (QED) is 0.314. The maximum absolute atomic E-state index is 14.2. The smallest absolute Gasteiger partial charge is 0.338 e. The first-order chi connectivity index (χ1) is 20.8. The van der Waals surface area contributed by atoms with Gasteiger partial charge < -0.3 is 9.47 Å². The number of benzene rings is 2. The fraction of sp³-hybridized carbons (Fsp3) is 0.559. The molecule has 2 aromatic rings. The highest BCUT2D eigenvalue weighted by Crippen LogP contribution is 2.36. The molecule has 3 N–H and O–H groups in total. The number of Topliss-reactive ketones (excluding diaryl/α,β-unsaturated/α-hetero) is 1. The molecule has 13 heteroatoms. The molecule has 0 radical (unpaired) electrons. The van der Waals surface area contributed by atoms with Gasteiger partial charge in [-0.2, -0.15) is 0 Å². The minimum absolute atomic E-state index is 0. The lowest BCUT2D eigenvalue weighted by Crippen LogP contribution is -2.35. The minimum atomic E-state index is -1.30. The van der Waals surface area contributed by atoms with E-state index in [2.05, 4.69) is 4.72 Å². The lowest BCUT2D eigenvalue weighted by atomic mass is 10.0. The summed E-state index contributed by atoms with van der Waals surface area (Å²) in [7, 11) is -2.48. The number of rotatable bonds is 6. The van der Waals surface area contributed by atoms with Crippen molar-refractivity contribution in [1.82, 2.24) is 4.72 Å². The average molecular weight is 703 g/mol. The number of hydrogen-bond donors (Lipinski definition) is 2. The molecule has 2 aliphatic rings. The molecule has 0 unspecified atom stereocenters. The summed E-state index contributed by atoms with van der Waals surface area (Å²) in [4.78, 5) is 35.0. The van der Waals surface area contributed by atoms with Crippen molar-refractivity contribution in [2.75, 3.05) is 13.2 Å². The predicted octanol–water partition coefficient (Wildman–Crippen LogP) is 6.85. The van der Waals surface area contributed by atoms with Gasteiger partial charge in [-0.3, -0.25) is 9.93 Å². The molecule has 0 saturated heterocycles. The Labute approximate surface area is 283 Å². The van der Waals surface area contributed by atoms with E-state index in [0.29, 0.717) is 47.1 Å². The van der Waals surface area contributed by atoms with Gasteiger partial charge in [0.2, 0.25) is 0 Å². The van der Waals surface area contributed by atoms with Gasteiger partial charge in [0.15, 0.2) is 5.78 Å². The van der Waals surface area contributed by atoms with E-state index in [1.54, 1.807) is 13.8 Å². The second-order valence-electron chi connectivity index (χ2n) is 12.3. The van der Waals surface area contributed by atoms with Crippen LogP contribution in [0.5, 0.6) is 0 Å². The zero-order chi connectivity index (χ0) is 34.3. The Kier molecular flexibility index (Phi) is 17.5. The highest BCUT2D eigenvalue weighted by molar-refractivity contribution is 7.84. The van der Waals surface area contributed by atoms with Crippen LogP contribution in [-0.4, -0.2) is 48.8 Å². The number of hydrogen-bond acceptors (Lipinski definition) is 7. The molecule has 0 aromatic heterocycles. The van der Waals surface area contributed by atoms with E-state index >= 15 is 0 Å². The molecule has 2 aromatic carbocycles. The normalized spacial score (nSPS) is 16.0. The summed E-state index contributed by atoms with van der Waals surface area (Å²) < 4.78 is 62.4. The summed E-state index contributed by atoms with van der Waals surface area (Å²) in [6, 6.07) is 4.93. The Bertz CT molecular complexity index is 1470. The van der Waals surface area contributed by atoms with Crippen molar-refractivity contribution in [2.24, 2.45) is 5.14 Å². The average Bonchev–Trinajstić information content (AvgIpc) is 3.54. The molecule has 0 aliphatic heterocycles. The van der Waals surface area contributed by atoms with Crippen molar-refractivity contribution in [3.8, 4) is 0 Å². The number of carbonyl (C=O) groups excluding carboxylic acids is 3. The maximum Gasteiger partial charge on any atom is 0.338 e. The third-order valence-electron chi connectivity index (χ3n) is 6.88. The standard InChI is InChI=1S/C16H22FNO3S.C12H11FO3.C4H11NOS.2CH4/c1-5-21-15(19)11-6-8-12(17)14-10(11)7-9-13(14)18-22(20)16(2,3)4;1-2-16-12(15)8-3-5-9(13)11-7(8)4-6-10(11)14;1-4(2,3)7(5)6;;/h6,8,13,18H,5,7,9H2,1-4H3;3,5H,2,4,6H2,1H3;5H2,1-3H3;2*1H4/t13-,22-;;7-;;/m0.0../s1. The van der Waals surface area contributed by atoms with Crippen LogP contribution in [0.15, 0.2) is 24.3 Å². The lowest BCUT2D eigenvalue weighted by Gasteiger charge is -2.22.